The van der Waals surface area contributed by atoms with Gasteiger partial charge in [0.1, 0.15) is 5.75 Å². The summed E-state index contributed by atoms with van der Waals surface area (Å²) >= 11 is 0. The Morgan fingerprint density at radius 2 is 2.03 bits per heavy atom. The predicted molar refractivity (Wildman–Crippen MR) is 123 cm³/mol. The molecule has 0 atom stereocenters. The number of amides is 1. The van der Waals surface area contributed by atoms with E-state index in [0.29, 0.717) is 29.7 Å². The van der Waals surface area contributed by atoms with Crippen LogP contribution < -0.4 is 11.0 Å². The van der Waals surface area contributed by atoms with Crippen molar-refractivity contribution in [3.05, 3.63) is 82.5 Å². The summed E-state index contributed by atoms with van der Waals surface area (Å²) in [6, 6.07) is 14.4. The number of hydrogen-bond acceptors (Lipinski definition) is 4. The SMILES string of the molecule is Cn1c(=O)[nH]c2ncc(-c3cccc(C(=O)NCCc4c[nH]c5ccc(O)cc45)c3)cc21. The normalized spacial score (nSPS) is 11.3. The quantitative estimate of drug-likeness (QED) is 0.345. The number of pyridine rings is 1. The molecule has 0 bridgehead atoms. The second-order valence-electron chi connectivity index (χ2n) is 7.71. The molecule has 32 heavy (non-hydrogen) atoms. The van der Waals surface area contributed by atoms with Crippen LogP contribution in [0.3, 0.4) is 0 Å². The lowest BCUT2D eigenvalue weighted by Crippen LogP contribution is -2.25. The van der Waals surface area contributed by atoms with Crippen molar-refractivity contribution in [3.63, 3.8) is 0 Å². The molecule has 5 aromatic rings. The van der Waals surface area contributed by atoms with Gasteiger partial charge in [-0.15, -0.1) is 0 Å². The van der Waals surface area contributed by atoms with Crippen molar-refractivity contribution in [2.24, 2.45) is 7.05 Å². The number of aromatic amines is 2. The van der Waals surface area contributed by atoms with Crippen molar-refractivity contribution >= 4 is 28.0 Å². The molecule has 0 radical (unpaired) electrons. The van der Waals surface area contributed by atoms with Crippen LogP contribution in [0, 0.1) is 0 Å². The molecule has 5 rings (SSSR count). The molecule has 0 aliphatic rings. The van der Waals surface area contributed by atoms with Crippen molar-refractivity contribution in [3.8, 4) is 16.9 Å². The van der Waals surface area contributed by atoms with E-state index < -0.39 is 0 Å². The molecule has 0 saturated carbocycles. The summed E-state index contributed by atoms with van der Waals surface area (Å²) in [4.78, 5) is 34.7. The standard InChI is InChI=1S/C24H21N5O3/c1-29-21-10-17(13-27-22(21)28-24(29)32)14-3-2-4-15(9-14)23(31)25-8-7-16-12-26-20-6-5-18(30)11-19(16)20/h2-6,9-13,26,30H,7-8H2,1H3,(H,25,31)(H,27,28,32). The van der Waals surface area contributed by atoms with Crippen molar-refractivity contribution in [1.29, 1.82) is 0 Å². The second-order valence-corrected chi connectivity index (χ2v) is 7.71. The van der Waals surface area contributed by atoms with Gasteiger partial charge in [0.15, 0.2) is 5.65 Å². The number of phenols is 1. The van der Waals surface area contributed by atoms with Gasteiger partial charge in [-0.1, -0.05) is 12.1 Å². The van der Waals surface area contributed by atoms with Crippen molar-refractivity contribution in [1.82, 2.24) is 24.8 Å². The van der Waals surface area contributed by atoms with Gasteiger partial charge in [0.05, 0.1) is 5.52 Å². The third-order valence-electron chi connectivity index (χ3n) is 5.65. The number of aromatic hydroxyl groups is 1. The molecule has 8 nitrogen and oxygen atoms in total. The van der Waals surface area contributed by atoms with Gasteiger partial charge >= 0.3 is 5.69 Å². The number of aromatic nitrogens is 4. The zero-order chi connectivity index (χ0) is 22.2. The molecule has 0 aliphatic heterocycles. The maximum absolute atomic E-state index is 12.7. The van der Waals surface area contributed by atoms with Gasteiger partial charge in [-0.3, -0.25) is 14.3 Å². The van der Waals surface area contributed by atoms with E-state index in [9.17, 15) is 14.7 Å². The highest BCUT2D eigenvalue weighted by molar-refractivity contribution is 5.95. The number of hydrogen-bond donors (Lipinski definition) is 4. The Hall–Kier alpha value is -4.33. The Kier molecular flexibility index (Phi) is 4.74. The largest absolute Gasteiger partial charge is 0.508 e. The summed E-state index contributed by atoms with van der Waals surface area (Å²) < 4.78 is 1.51. The molecular weight excluding hydrogens is 406 g/mol. The summed E-state index contributed by atoms with van der Waals surface area (Å²) in [5, 5.41) is 13.6. The van der Waals surface area contributed by atoms with E-state index in [4.69, 9.17) is 0 Å². The van der Waals surface area contributed by atoms with E-state index in [1.807, 2.05) is 36.5 Å². The predicted octanol–water partition coefficient (Wildman–Crippen LogP) is 3.09. The number of carbonyl (C=O) groups excluding carboxylic acids is 1. The minimum absolute atomic E-state index is 0.169. The molecule has 0 spiro atoms. The lowest BCUT2D eigenvalue weighted by Gasteiger charge is -2.08. The third kappa shape index (κ3) is 3.51. The number of carbonyl (C=O) groups is 1. The monoisotopic (exact) mass is 427 g/mol. The molecule has 0 unspecified atom stereocenters. The van der Waals surface area contributed by atoms with E-state index >= 15 is 0 Å². The van der Waals surface area contributed by atoms with Gasteiger partial charge in [0, 0.05) is 48.0 Å². The number of H-pyrrole nitrogens is 2. The Balaban J connectivity index is 1.31. The minimum Gasteiger partial charge on any atom is -0.508 e. The Morgan fingerprint density at radius 3 is 2.91 bits per heavy atom. The third-order valence-corrected chi connectivity index (χ3v) is 5.65. The molecule has 3 aromatic heterocycles. The first-order valence-electron chi connectivity index (χ1n) is 10.2. The number of nitrogens with one attached hydrogen (secondary N) is 3. The number of nitrogens with zero attached hydrogens (tertiary/aromatic N) is 2. The van der Waals surface area contributed by atoms with Crippen LogP contribution in [-0.2, 0) is 13.5 Å². The number of phenolic OH excluding ortho intramolecular Hbond substituents is 1. The number of fused-ring (bicyclic) bond motifs is 2. The summed E-state index contributed by atoms with van der Waals surface area (Å²) in [5.74, 6) is 0.0456. The number of aryl methyl sites for hydroxylation is 1. The average molecular weight is 427 g/mol. The van der Waals surface area contributed by atoms with Crippen LogP contribution in [0.25, 0.3) is 33.2 Å². The molecule has 2 aromatic carbocycles. The van der Waals surface area contributed by atoms with Crippen LogP contribution >= 0.6 is 0 Å². The van der Waals surface area contributed by atoms with Crippen LogP contribution in [0.5, 0.6) is 5.75 Å². The number of imidazole rings is 1. The lowest BCUT2D eigenvalue weighted by atomic mass is 10.0. The van der Waals surface area contributed by atoms with Gasteiger partial charge in [-0.2, -0.15) is 0 Å². The first-order valence-corrected chi connectivity index (χ1v) is 10.2. The van der Waals surface area contributed by atoms with E-state index in [-0.39, 0.29) is 17.3 Å². The van der Waals surface area contributed by atoms with Crippen molar-refractivity contribution in [2.75, 3.05) is 6.54 Å². The van der Waals surface area contributed by atoms with E-state index in [1.54, 1.807) is 31.4 Å². The van der Waals surface area contributed by atoms with Crippen LogP contribution in [0.4, 0.5) is 0 Å². The van der Waals surface area contributed by atoms with Gasteiger partial charge in [-0.25, -0.2) is 9.78 Å². The number of benzene rings is 2. The van der Waals surface area contributed by atoms with Crippen molar-refractivity contribution < 1.29 is 9.90 Å². The Labute approximate surface area is 182 Å². The molecule has 0 saturated heterocycles. The molecule has 8 heteroatoms. The summed E-state index contributed by atoms with van der Waals surface area (Å²) in [7, 11) is 1.69. The summed E-state index contributed by atoms with van der Waals surface area (Å²) in [6.07, 6.45) is 4.22. The molecule has 0 fully saturated rings. The fraction of sp³-hybridized carbons (Fsp3) is 0.125. The van der Waals surface area contributed by atoms with Crippen LogP contribution in [0.2, 0.25) is 0 Å². The zero-order valence-electron chi connectivity index (χ0n) is 17.3. The fourth-order valence-corrected chi connectivity index (χ4v) is 3.88. The van der Waals surface area contributed by atoms with Crippen LogP contribution in [0.15, 0.2) is 65.7 Å². The van der Waals surface area contributed by atoms with Gasteiger partial charge in [-0.05, 0) is 53.9 Å². The molecular formula is C24H21N5O3. The highest BCUT2D eigenvalue weighted by Crippen LogP contribution is 2.24. The molecule has 3 heterocycles. The topological polar surface area (TPSA) is 116 Å². The molecule has 0 aliphatic carbocycles. The molecule has 160 valence electrons. The van der Waals surface area contributed by atoms with Gasteiger partial charge in [0.25, 0.3) is 5.91 Å². The lowest BCUT2D eigenvalue weighted by molar-refractivity contribution is 0.0954. The molecule has 1 amide bonds. The fourth-order valence-electron chi connectivity index (χ4n) is 3.88. The first kappa shape index (κ1) is 19.6. The maximum Gasteiger partial charge on any atom is 0.327 e. The Bertz CT molecular complexity index is 1530. The number of rotatable bonds is 5. The van der Waals surface area contributed by atoms with E-state index in [2.05, 4.69) is 20.3 Å². The van der Waals surface area contributed by atoms with E-state index in [0.717, 1.165) is 27.6 Å². The maximum atomic E-state index is 12.7. The van der Waals surface area contributed by atoms with E-state index in [1.165, 1.54) is 4.57 Å². The smallest absolute Gasteiger partial charge is 0.327 e. The summed E-state index contributed by atoms with van der Waals surface area (Å²) in [6.45, 7) is 0.463. The molecule has 4 N–H and O–H groups in total. The van der Waals surface area contributed by atoms with Gasteiger partial charge < -0.3 is 15.4 Å². The average Bonchev–Trinajstić information content (AvgIpc) is 3.33. The first-order chi connectivity index (χ1) is 15.5. The summed E-state index contributed by atoms with van der Waals surface area (Å²) in [5.41, 5.74) is 5.19. The highest BCUT2D eigenvalue weighted by atomic mass is 16.3. The van der Waals surface area contributed by atoms with Crippen LogP contribution in [-0.4, -0.2) is 37.1 Å². The van der Waals surface area contributed by atoms with Crippen molar-refractivity contribution in [2.45, 2.75) is 6.42 Å². The van der Waals surface area contributed by atoms with Gasteiger partial charge in [0.2, 0.25) is 0 Å². The Morgan fingerprint density at radius 1 is 1.16 bits per heavy atom. The zero-order valence-corrected chi connectivity index (χ0v) is 17.3. The minimum atomic E-state index is -0.219. The van der Waals surface area contributed by atoms with Crippen LogP contribution in [0.1, 0.15) is 15.9 Å². The second kappa shape index (κ2) is 7.73. The highest BCUT2D eigenvalue weighted by Gasteiger charge is 2.11.